The number of aliphatic hydroxyl groups excluding tert-OH is 1. The van der Waals surface area contributed by atoms with E-state index in [1.165, 1.54) is 0 Å². The SMILES string of the molecule is O=C(c1cccn1Cc1ccccc1)[C@H](O)c1ccccc1. The first-order valence-electron chi connectivity index (χ1n) is 7.22. The van der Waals surface area contributed by atoms with Crippen LogP contribution < -0.4 is 0 Å². The average Bonchev–Trinajstić information content (AvgIpc) is 3.03. The fourth-order valence-electron chi connectivity index (χ4n) is 2.48. The van der Waals surface area contributed by atoms with Crippen LogP contribution in [0.4, 0.5) is 0 Å². The molecule has 0 aliphatic carbocycles. The van der Waals surface area contributed by atoms with Gasteiger partial charge in [-0.15, -0.1) is 0 Å². The largest absolute Gasteiger partial charge is 0.380 e. The summed E-state index contributed by atoms with van der Waals surface area (Å²) >= 11 is 0. The van der Waals surface area contributed by atoms with E-state index in [4.69, 9.17) is 0 Å². The molecular formula is C19H17NO2. The van der Waals surface area contributed by atoms with E-state index in [0.717, 1.165) is 5.56 Å². The Labute approximate surface area is 129 Å². The van der Waals surface area contributed by atoms with Crippen LogP contribution in [0.25, 0.3) is 0 Å². The van der Waals surface area contributed by atoms with Crippen LogP contribution >= 0.6 is 0 Å². The molecule has 0 amide bonds. The van der Waals surface area contributed by atoms with E-state index in [2.05, 4.69) is 0 Å². The van der Waals surface area contributed by atoms with Crippen molar-refractivity contribution < 1.29 is 9.90 Å². The Kier molecular flexibility index (Phi) is 4.17. The molecular weight excluding hydrogens is 274 g/mol. The Hall–Kier alpha value is -2.65. The summed E-state index contributed by atoms with van der Waals surface area (Å²) in [4.78, 5) is 12.5. The number of aromatic nitrogens is 1. The number of carbonyl (C=O) groups is 1. The third-order valence-corrected chi connectivity index (χ3v) is 3.64. The van der Waals surface area contributed by atoms with E-state index in [1.54, 1.807) is 18.2 Å². The van der Waals surface area contributed by atoms with Gasteiger partial charge in [0.05, 0.1) is 5.69 Å². The number of rotatable bonds is 5. The zero-order chi connectivity index (χ0) is 15.4. The van der Waals surface area contributed by atoms with E-state index in [0.29, 0.717) is 17.8 Å². The summed E-state index contributed by atoms with van der Waals surface area (Å²) in [5.41, 5.74) is 2.24. The smallest absolute Gasteiger partial charge is 0.212 e. The molecule has 22 heavy (non-hydrogen) atoms. The second-order valence-electron chi connectivity index (χ2n) is 5.18. The molecule has 1 heterocycles. The quantitative estimate of drug-likeness (QED) is 0.732. The first kappa shape index (κ1) is 14.3. The number of Topliss-reactive ketones (excluding diaryl/α,β-unsaturated/α-hetero) is 1. The van der Waals surface area contributed by atoms with Gasteiger partial charge in [0.25, 0.3) is 0 Å². The number of aliphatic hydroxyl groups is 1. The van der Waals surface area contributed by atoms with Gasteiger partial charge in [-0.25, -0.2) is 0 Å². The lowest BCUT2D eigenvalue weighted by atomic mass is 10.0. The van der Waals surface area contributed by atoms with E-state index >= 15 is 0 Å². The van der Waals surface area contributed by atoms with Crippen molar-refractivity contribution in [2.45, 2.75) is 12.6 Å². The van der Waals surface area contributed by atoms with Crippen molar-refractivity contribution in [3.63, 3.8) is 0 Å². The minimum absolute atomic E-state index is 0.285. The zero-order valence-electron chi connectivity index (χ0n) is 12.1. The molecule has 3 aromatic rings. The number of benzene rings is 2. The standard InChI is InChI=1S/C19H17NO2/c21-18(16-10-5-2-6-11-16)19(22)17-12-7-13-20(17)14-15-8-3-1-4-9-15/h1-13,18,21H,14H2/t18-/m1/s1. The summed E-state index contributed by atoms with van der Waals surface area (Å²) in [5, 5.41) is 10.3. The van der Waals surface area contributed by atoms with Gasteiger partial charge in [-0.3, -0.25) is 4.79 Å². The molecule has 3 nitrogen and oxygen atoms in total. The lowest BCUT2D eigenvalue weighted by Gasteiger charge is -2.13. The van der Waals surface area contributed by atoms with Gasteiger partial charge in [0.2, 0.25) is 5.78 Å². The van der Waals surface area contributed by atoms with Crippen LogP contribution in [0.3, 0.4) is 0 Å². The summed E-state index contributed by atoms with van der Waals surface area (Å²) in [5.74, 6) is -0.285. The highest BCUT2D eigenvalue weighted by Crippen LogP contribution is 2.19. The minimum atomic E-state index is -1.13. The molecule has 0 saturated carbocycles. The normalized spacial score (nSPS) is 12.0. The van der Waals surface area contributed by atoms with Crippen LogP contribution in [0.2, 0.25) is 0 Å². The minimum Gasteiger partial charge on any atom is -0.380 e. The van der Waals surface area contributed by atoms with Crippen molar-refractivity contribution in [1.29, 1.82) is 0 Å². The van der Waals surface area contributed by atoms with Crippen molar-refractivity contribution in [3.05, 3.63) is 95.8 Å². The highest BCUT2D eigenvalue weighted by atomic mass is 16.3. The third-order valence-electron chi connectivity index (χ3n) is 3.64. The molecule has 2 aromatic carbocycles. The Morgan fingerprint density at radius 2 is 1.55 bits per heavy atom. The molecule has 0 unspecified atom stereocenters. The predicted molar refractivity (Wildman–Crippen MR) is 85.7 cm³/mol. The average molecular weight is 291 g/mol. The molecule has 0 saturated heterocycles. The van der Waals surface area contributed by atoms with Gasteiger partial charge in [0, 0.05) is 12.7 Å². The van der Waals surface area contributed by atoms with E-state index in [9.17, 15) is 9.90 Å². The molecule has 0 spiro atoms. The number of carbonyl (C=O) groups excluding carboxylic acids is 1. The van der Waals surface area contributed by atoms with Crippen molar-refractivity contribution in [3.8, 4) is 0 Å². The van der Waals surface area contributed by atoms with Gasteiger partial charge in [-0.1, -0.05) is 60.7 Å². The Balaban J connectivity index is 1.84. The summed E-state index contributed by atoms with van der Waals surface area (Å²) in [7, 11) is 0. The van der Waals surface area contributed by atoms with Crippen LogP contribution in [-0.4, -0.2) is 15.5 Å². The predicted octanol–water partition coefficient (Wildman–Crippen LogP) is 3.45. The lowest BCUT2D eigenvalue weighted by Crippen LogP contribution is -2.17. The van der Waals surface area contributed by atoms with Crippen molar-refractivity contribution in [2.75, 3.05) is 0 Å². The summed E-state index contributed by atoms with van der Waals surface area (Å²) in [6.07, 6.45) is 0.725. The summed E-state index contributed by atoms with van der Waals surface area (Å²) < 4.78 is 1.86. The Morgan fingerprint density at radius 1 is 0.909 bits per heavy atom. The fraction of sp³-hybridized carbons (Fsp3) is 0.105. The number of nitrogens with zero attached hydrogens (tertiary/aromatic N) is 1. The number of hydrogen-bond donors (Lipinski definition) is 1. The molecule has 0 fully saturated rings. The van der Waals surface area contributed by atoms with Crippen LogP contribution in [0, 0.1) is 0 Å². The highest BCUT2D eigenvalue weighted by molar-refractivity contribution is 5.98. The molecule has 3 heteroatoms. The van der Waals surface area contributed by atoms with Gasteiger partial charge in [0.1, 0.15) is 6.10 Å². The maximum Gasteiger partial charge on any atom is 0.212 e. The number of hydrogen-bond acceptors (Lipinski definition) is 2. The van der Waals surface area contributed by atoms with Crippen LogP contribution in [0.15, 0.2) is 79.0 Å². The van der Waals surface area contributed by atoms with Crippen LogP contribution in [0.1, 0.15) is 27.7 Å². The maximum absolute atomic E-state index is 12.5. The molecule has 0 aliphatic rings. The van der Waals surface area contributed by atoms with E-state index in [1.807, 2.05) is 65.4 Å². The molecule has 0 bridgehead atoms. The zero-order valence-corrected chi connectivity index (χ0v) is 12.1. The topological polar surface area (TPSA) is 42.2 Å². The van der Waals surface area contributed by atoms with Crippen LogP contribution in [0.5, 0.6) is 0 Å². The lowest BCUT2D eigenvalue weighted by molar-refractivity contribution is 0.0738. The Bertz CT molecular complexity index is 747. The number of ketones is 1. The van der Waals surface area contributed by atoms with Gasteiger partial charge >= 0.3 is 0 Å². The van der Waals surface area contributed by atoms with Crippen LogP contribution in [-0.2, 0) is 6.54 Å². The maximum atomic E-state index is 12.5. The monoisotopic (exact) mass is 291 g/mol. The fourth-order valence-corrected chi connectivity index (χ4v) is 2.48. The first-order valence-corrected chi connectivity index (χ1v) is 7.22. The first-order chi connectivity index (χ1) is 10.8. The molecule has 1 aromatic heterocycles. The van der Waals surface area contributed by atoms with Gasteiger partial charge in [-0.2, -0.15) is 0 Å². The molecule has 0 radical (unpaired) electrons. The van der Waals surface area contributed by atoms with Gasteiger partial charge < -0.3 is 9.67 Å². The molecule has 3 rings (SSSR count). The highest BCUT2D eigenvalue weighted by Gasteiger charge is 2.21. The molecule has 110 valence electrons. The second kappa shape index (κ2) is 6.41. The molecule has 1 atom stereocenters. The van der Waals surface area contributed by atoms with Crippen molar-refractivity contribution in [2.24, 2.45) is 0 Å². The van der Waals surface area contributed by atoms with Gasteiger partial charge in [0.15, 0.2) is 0 Å². The summed E-state index contributed by atoms with van der Waals surface area (Å²) in [6, 6.07) is 22.5. The molecule has 1 N–H and O–H groups in total. The van der Waals surface area contributed by atoms with Crippen molar-refractivity contribution in [1.82, 2.24) is 4.57 Å². The third kappa shape index (κ3) is 3.00. The van der Waals surface area contributed by atoms with Gasteiger partial charge in [-0.05, 0) is 23.3 Å². The Morgan fingerprint density at radius 3 is 2.23 bits per heavy atom. The van der Waals surface area contributed by atoms with E-state index < -0.39 is 6.10 Å². The van der Waals surface area contributed by atoms with Crippen molar-refractivity contribution >= 4 is 5.78 Å². The van der Waals surface area contributed by atoms with E-state index in [-0.39, 0.29) is 5.78 Å². The second-order valence-corrected chi connectivity index (χ2v) is 5.18. The summed E-state index contributed by atoms with van der Waals surface area (Å²) in [6.45, 7) is 0.608. The molecule has 0 aliphatic heterocycles.